The van der Waals surface area contributed by atoms with Crippen LogP contribution in [-0.2, 0) is 0 Å². The van der Waals surface area contributed by atoms with Crippen molar-refractivity contribution in [1.29, 1.82) is 0 Å². The van der Waals surface area contributed by atoms with Crippen molar-refractivity contribution in [2.75, 3.05) is 12.4 Å². The van der Waals surface area contributed by atoms with Crippen molar-refractivity contribution in [3.63, 3.8) is 0 Å². The van der Waals surface area contributed by atoms with Crippen molar-refractivity contribution in [2.45, 2.75) is 68.2 Å². The molecule has 206 valence electrons. The summed E-state index contributed by atoms with van der Waals surface area (Å²) in [4.78, 5) is 0. The summed E-state index contributed by atoms with van der Waals surface area (Å²) in [7, 11) is 2.03. The second-order valence-electron chi connectivity index (χ2n) is 12.4. The predicted octanol–water partition coefficient (Wildman–Crippen LogP) is 9.49. The van der Waals surface area contributed by atoms with Gasteiger partial charge in [-0.2, -0.15) is 0 Å². The molecular formula is C36H42N4. The Morgan fingerprint density at radius 2 is 1.32 bits per heavy atom. The number of para-hydroxylation sites is 1. The van der Waals surface area contributed by atoms with Gasteiger partial charge in [-0.25, -0.2) is 4.68 Å². The molecule has 0 aliphatic rings. The molecule has 1 unspecified atom stereocenters. The molecule has 0 radical (unpaired) electrons. The summed E-state index contributed by atoms with van der Waals surface area (Å²) in [6.07, 6.45) is 0. The van der Waals surface area contributed by atoms with E-state index < -0.39 is 0 Å². The Morgan fingerprint density at radius 1 is 0.750 bits per heavy atom. The minimum Gasteiger partial charge on any atom is -0.386 e. The molecule has 0 fully saturated rings. The zero-order valence-electron chi connectivity index (χ0n) is 25.7. The number of nitrogens with one attached hydrogen (secondary N) is 1. The number of nitrogens with zero attached hydrogens (tertiary/aromatic N) is 3. The second-order valence-corrected chi connectivity index (χ2v) is 12.4. The SMILES string of the molecule is CNc1c(-c2ccc(C)c(C)c2)c(C)c(-c2ccc(C)c(C)c2)c(C(C)C(C)(C)C)c1-n1nnc2ccccc21. The third kappa shape index (κ3) is 4.60. The van der Waals surface area contributed by atoms with Crippen molar-refractivity contribution >= 4 is 16.7 Å². The summed E-state index contributed by atoms with van der Waals surface area (Å²) in [5, 5.41) is 13.0. The Labute approximate surface area is 239 Å². The molecule has 1 atom stereocenters. The smallest absolute Gasteiger partial charge is 0.113 e. The molecule has 0 bridgehead atoms. The highest BCUT2D eigenvalue weighted by atomic mass is 15.4. The normalized spacial score (nSPS) is 12.7. The van der Waals surface area contributed by atoms with Crippen molar-refractivity contribution in [1.82, 2.24) is 15.0 Å². The highest BCUT2D eigenvalue weighted by molar-refractivity contribution is 5.96. The van der Waals surface area contributed by atoms with Crippen LogP contribution in [0.15, 0.2) is 60.7 Å². The number of rotatable bonds is 5. The molecule has 1 aromatic heterocycles. The average molecular weight is 531 g/mol. The molecule has 0 saturated carbocycles. The van der Waals surface area contributed by atoms with Gasteiger partial charge in [0.15, 0.2) is 0 Å². The largest absolute Gasteiger partial charge is 0.386 e. The van der Waals surface area contributed by atoms with E-state index in [1.165, 1.54) is 55.6 Å². The first kappa shape index (κ1) is 27.6. The van der Waals surface area contributed by atoms with Crippen LogP contribution in [0.2, 0.25) is 0 Å². The molecule has 0 aliphatic carbocycles. The Balaban J connectivity index is 2.04. The highest BCUT2D eigenvalue weighted by Crippen LogP contribution is 2.51. The maximum atomic E-state index is 4.79. The van der Waals surface area contributed by atoms with Crippen LogP contribution in [0.5, 0.6) is 0 Å². The maximum Gasteiger partial charge on any atom is 0.113 e. The quantitative estimate of drug-likeness (QED) is 0.246. The van der Waals surface area contributed by atoms with E-state index in [1.54, 1.807) is 0 Å². The van der Waals surface area contributed by atoms with Crippen molar-refractivity contribution < 1.29 is 0 Å². The number of aryl methyl sites for hydroxylation is 4. The third-order valence-corrected chi connectivity index (χ3v) is 8.90. The summed E-state index contributed by atoms with van der Waals surface area (Å²) < 4.78 is 2.06. The van der Waals surface area contributed by atoms with Crippen LogP contribution < -0.4 is 5.32 Å². The van der Waals surface area contributed by atoms with E-state index in [-0.39, 0.29) is 11.3 Å². The number of fused-ring (bicyclic) bond motifs is 1. The number of aromatic nitrogens is 3. The van der Waals surface area contributed by atoms with Gasteiger partial charge < -0.3 is 5.32 Å². The van der Waals surface area contributed by atoms with Gasteiger partial charge in [0, 0.05) is 12.6 Å². The molecule has 40 heavy (non-hydrogen) atoms. The third-order valence-electron chi connectivity index (χ3n) is 8.90. The minimum atomic E-state index is 0.0129. The molecule has 0 amide bonds. The summed E-state index contributed by atoms with van der Waals surface area (Å²) >= 11 is 0. The van der Waals surface area contributed by atoms with E-state index in [0.29, 0.717) is 0 Å². The van der Waals surface area contributed by atoms with Crippen molar-refractivity contribution in [3.05, 3.63) is 94.0 Å². The van der Waals surface area contributed by atoms with Crippen molar-refractivity contribution in [2.24, 2.45) is 5.41 Å². The summed E-state index contributed by atoms with van der Waals surface area (Å²) in [6, 6.07) is 21.9. The van der Waals surface area contributed by atoms with E-state index in [1.807, 2.05) is 19.2 Å². The van der Waals surface area contributed by atoms with Crippen LogP contribution in [0.3, 0.4) is 0 Å². The monoisotopic (exact) mass is 530 g/mol. The standard InChI is InChI=1S/C36H42N4/c1-21-15-17-27(19-23(21)3)31-25(5)32(28-18-16-22(2)24(4)20-28)34(37-10)35(33(31)26(6)36(7,8)9)40-30-14-12-11-13-29(30)38-39-40/h11-20,26,37H,1-10H3. The lowest BCUT2D eigenvalue weighted by atomic mass is 9.72. The maximum absolute atomic E-state index is 4.79. The molecule has 5 rings (SSSR count). The van der Waals surface area contributed by atoms with Crippen LogP contribution in [0.4, 0.5) is 5.69 Å². The summed E-state index contributed by atoms with van der Waals surface area (Å²) in [5.74, 6) is 0.224. The zero-order chi connectivity index (χ0) is 28.9. The van der Waals surface area contributed by atoms with Crippen LogP contribution in [-0.4, -0.2) is 22.0 Å². The van der Waals surface area contributed by atoms with Gasteiger partial charge in [0.05, 0.1) is 16.9 Å². The lowest BCUT2D eigenvalue weighted by molar-refractivity contribution is 0.339. The van der Waals surface area contributed by atoms with Gasteiger partial charge in [-0.15, -0.1) is 5.10 Å². The number of benzene rings is 4. The Kier molecular flexibility index (Phi) is 7.08. The van der Waals surface area contributed by atoms with E-state index in [9.17, 15) is 0 Å². The van der Waals surface area contributed by atoms with E-state index in [2.05, 4.69) is 126 Å². The average Bonchev–Trinajstić information content (AvgIpc) is 3.34. The fourth-order valence-corrected chi connectivity index (χ4v) is 5.76. The van der Waals surface area contributed by atoms with Gasteiger partial charge in [-0.3, -0.25) is 0 Å². The van der Waals surface area contributed by atoms with Crippen molar-refractivity contribution in [3.8, 4) is 27.9 Å². The van der Waals surface area contributed by atoms with E-state index >= 15 is 0 Å². The number of anilines is 1. The molecule has 0 saturated heterocycles. The van der Waals surface area contributed by atoms with Gasteiger partial charge in [0.1, 0.15) is 5.52 Å². The Morgan fingerprint density at radius 3 is 1.88 bits per heavy atom. The first-order chi connectivity index (χ1) is 18.9. The first-order valence-corrected chi connectivity index (χ1v) is 14.3. The van der Waals surface area contributed by atoms with E-state index in [0.717, 1.165) is 22.4 Å². The van der Waals surface area contributed by atoms with Gasteiger partial charge >= 0.3 is 0 Å². The molecule has 1 heterocycles. The number of hydrogen-bond acceptors (Lipinski definition) is 3. The second kappa shape index (κ2) is 10.2. The molecule has 1 N–H and O–H groups in total. The molecule has 4 nitrogen and oxygen atoms in total. The molecule has 5 aromatic rings. The lowest BCUT2D eigenvalue weighted by Gasteiger charge is -2.34. The summed E-state index contributed by atoms with van der Waals surface area (Å²) in [6.45, 7) is 20.4. The fourth-order valence-electron chi connectivity index (χ4n) is 5.76. The fraction of sp³-hybridized carbons (Fsp3) is 0.333. The Bertz CT molecular complexity index is 1730. The van der Waals surface area contributed by atoms with E-state index in [4.69, 9.17) is 5.21 Å². The molecule has 0 spiro atoms. The lowest BCUT2D eigenvalue weighted by Crippen LogP contribution is -2.21. The minimum absolute atomic E-state index is 0.0129. The van der Waals surface area contributed by atoms with Crippen LogP contribution >= 0.6 is 0 Å². The van der Waals surface area contributed by atoms with Gasteiger partial charge in [0.2, 0.25) is 0 Å². The molecular weight excluding hydrogens is 488 g/mol. The predicted molar refractivity (Wildman–Crippen MR) is 171 cm³/mol. The van der Waals surface area contributed by atoms with Crippen LogP contribution in [0.1, 0.15) is 67.0 Å². The van der Waals surface area contributed by atoms with Crippen LogP contribution in [0, 0.1) is 40.0 Å². The summed E-state index contributed by atoms with van der Waals surface area (Å²) in [5.41, 5.74) is 16.7. The van der Waals surface area contributed by atoms with Gasteiger partial charge in [-0.05, 0) is 108 Å². The zero-order valence-corrected chi connectivity index (χ0v) is 25.7. The molecule has 4 aromatic carbocycles. The van der Waals surface area contributed by atoms with Crippen LogP contribution in [0.25, 0.3) is 39.0 Å². The number of hydrogen-bond donors (Lipinski definition) is 1. The molecule has 4 heteroatoms. The van der Waals surface area contributed by atoms with Gasteiger partial charge in [-0.1, -0.05) is 81.4 Å². The highest BCUT2D eigenvalue weighted by Gasteiger charge is 2.33. The Hall–Kier alpha value is -3.92. The molecule has 0 aliphatic heterocycles. The topological polar surface area (TPSA) is 42.7 Å². The first-order valence-electron chi connectivity index (χ1n) is 14.3. The van der Waals surface area contributed by atoms with Gasteiger partial charge in [0.25, 0.3) is 0 Å².